The summed E-state index contributed by atoms with van der Waals surface area (Å²) in [6.07, 6.45) is -0.876. The Labute approximate surface area is 250 Å². The summed E-state index contributed by atoms with van der Waals surface area (Å²) in [5, 5.41) is 0. The lowest BCUT2D eigenvalue weighted by atomic mass is 9.65. The van der Waals surface area contributed by atoms with Gasteiger partial charge in [-0.15, -0.1) is 0 Å². The van der Waals surface area contributed by atoms with E-state index in [4.69, 9.17) is 18.9 Å². The highest BCUT2D eigenvalue weighted by molar-refractivity contribution is 5.94. The van der Waals surface area contributed by atoms with Crippen LogP contribution in [0.25, 0.3) is 0 Å². The van der Waals surface area contributed by atoms with E-state index in [-0.39, 0.29) is 6.61 Å². The van der Waals surface area contributed by atoms with E-state index in [0.29, 0.717) is 34.6 Å². The first kappa shape index (κ1) is 29.4. The van der Waals surface area contributed by atoms with E-state index < -0.39 is 35.5 Å². The second-order valence-electron chi connectivity index (χ2n) is 10.0. The molecule has 0 bridgehead atoms. The van der Waals surface area contributed by atoms with Gasteiger partial charge in [-0.3, -0.25) is 4.90 Å². The van der Waals surface area contributed by atoms with Gasteiger partial charge in [-0.2, -0.15) is 0 Å². The molecule has 3 atom stereocenters. The zero-order chi connectivity index (χ0) is 30.4. The lowest BCUT2D eigenvalue weighted by Crippen LogP contribution is -2.63. The van der Waals surface area contributed by atoms with Crippen LogP contribution < -0.4 is 4.74 Å². The number of hydrogen-bond donors (Lipinski definition) is 0. The fourth-order valence-corrected chi connectivity index (χ4v) is 5.94. The highest BCUT2D eigenvalue weighted by Gasteiger charge is 2.63. The van der Waals surface area contributed by atoms with Gasteiger partial charge in [-0.1, -0.05) is 97.1 Å². The molecule has 0 aliphatic carbocycles. The van der Waals surface area contributed by atoms with Crippen LogP contribution in [0, 0.1) is 0 Å². The Morgan fingerprint density at radius 2 is 1.35 bits per heavy atom. The summed E-state index contributed by atoms with van der Waals surface area (Å²) in [7, 11) is 2.52. The second-order valence-corrected chi connectivity index (χ2v) is 10.0. The molecule has 1 heterocycles. The van der Waals surface area contributed by atoms with Crippen molar-refractivity contribution >= 4 is 18.0 Å². The number of nitrogens with zero attached hydrogens (tertiary/aromatic N) is 1. The third-order valence-corrected chi connectivity index (χ3v) is 7.72. The summed E-state index contributed by atoms with van der Waals surface area (Å²) < 4.78 is 22.3. The van der Waals surface area contributed by atoms with Crippen LogP contribution in [0.15, 0.2) is 109 Å². The lowest BCUT2D eigenvalue weighted by Gasteiger charge is -2.52. The molecule has 1 aliphatic heterocycles. The fraction of sp³-hybridized carbons (Fsp3) is 0.229. The van der Waals surface area contributed by atoms with Gasteiger partial charge < -0.3 is 18.9 Å². The van der Waals surface area contributed by atoms with Crippen molar-refractivity contribution in [3.05, 3.63) is 137 Å². The zero-order valence-electron chi connectivity index (χ0n) is 24.3. The first-order valence-electron chi connectivity index (χ1n) is 14.0. The average molecular weight is 580 g/mol. The maximum absolute atomic E-state index is 14.4. The van der Waals surface area contributed by atoms with Crippen molar-refractivity contribution in [1.29, 1.82) is 0 Å². The van der Waals surface area contributed by atoms with Crippen molar-refractivity contribution in [2.45, 2.75) is 31.0 Å². The van der Waals surface area contributed by atoms with Crippen molar-refractivity contribution in [2.24, 2.45) is 0 Å². The number of benzene rings is 4. The first-order chi connectivity index (χ1) is 21.0. The second kappa shape index (κ2) is 12.8. The molecule has 0 saturated heterocycles. The molecule has 8 heteroatoms. The first-order valence-corrected chi connectivity index (χ1v) is 14.0. The number of ether oxygens (including phenoxy) is 4. The minimum atomic E-state index is -1.87. The van der Waals surface area contributed by atoms with E-state index in [9.17, 15) is 14.4 Å². The molecular formula is C35H33NO7. The van der Waals surface area contributed by atoms with Gasteiger partial charge in [0, 0.05) is 5.92 Å². The SMILES string of the molecule is CCOc1ccc([C@@H]2c3ccccc3[C@@H](C(=O)OC)N(C(=O)OCc3ccccc3)[C@@]2(C(=O)OC)c2ccccc2)cc1. The van der Waals surface area contributed by atoms with E-state index in [1.165, 1.54) is 19.1 Å². The molecule has 1 aliphatic rings. The van der Waals surface area contributed by atoms with Gasteiger partial charge in [0.05, 0.1) is 20.8 Å². The van der Waals surface area contributed by atoms with E-state index in [0.717, 1.165) is 5.56 Å². The maximum atomic E-state index is 14.4. The molecular weight excluding hydrogens is 546 g/mol. The molecule has 8 nitrogen and oxygen atoms in total. The number of esters is 2. The smallest absolute Gasteiger partial charge is 0.412 e. The fourth-order valence-electron chi connectivity index (χ4n) is 5.94. The van der Waals surface area contributed by atoms with E-state index in [1.54, 1.807) is 36.4 Å². The average Bonchev–Trinajstić information content (AvgIpc) is 3.06. The highest BCUT2D eigenvalue weighted by atomic mass is 16.6. The summed E-state index contributed by atoms with van der Waals surface area (Å²) in [5.74, 6) is -1.61. The minimum absolute atomic E-state index is 0.0779. The monoisotopic (exact) mass is 579 g/mol. The van der Waals surface area contributed by atoms with Gasteiger partial charge in [0.1, 0.15) is 12.4 Å². The van der Waals surface area contributed by atoms with Gasteiger partial charge in [-0.05, 0) is 46.9 Å². The predicted octanol–water partition coefficient (Wildman–Crippen LogP) is 6.15. The Balaban J connectivity index is 1.82. The van der Waals surface area contributed by atoms with Crippen molar-refractivity contribution in [2.75, 3.05) is 20.8 Å². The Hall–Kier alpha value is -5.11. The molecule has 0 aromatic heterocycles. The topological polar surface area (TPSA) is 91.4 Å². The Morgan fingerprint density at radius 3 is 1.95 bits per heavy atom. The molecule has 0 saturated carbocycles. The summed E-state index contributed by atoms with van der Waals surface area (Å²) in [5.41, 5.74) is 1.21. The van der Waals surface area contributed by atoms with Crippen molar-refractivity contribution in [1.82, 2.24) is 4.90 Å². The van der Waals surface area contributed by atoms with Gasteiger partial charge in [0.2, 0.25) is 0 Å². The van der Waals surface area contributed by atoms with Crippen LogP contribution in [0.3, 0.4) is 0 Å². The van der Waals surface area contributed by atoms with Crippen LogP contribution in [-0.2, 0) is 35.9 Å². The van der Waals surface area contributed by atoms with E-state index in [1.807, 2.05) is 79.7 Å². The number of carbonyl (C=O) groups is 3. The lowest BCUT2D eigenvalue weighted by molar-refractivity contribution is -0.165. The van der Waals surface area contributed by atoms with E-state index in [2.05, 4.69) is 0 Å². The van der Waals surface area contributed by atoms with Gasteiger partial charge in [-0.25, -0.2) is 14.4 Å². The van der Waals surface area contributed by atoms with Crippen LogP contribution in [0.5, 0.6) is 5.75 Å². The molecule has 0 spiro atoms. The molecule has 0 radical (unpaired) electrons. The molecule has 0 N–H and O–H groups in total. The third kappa shape index (κ3) is 5.32. The Morgan fingerprint density at radius 1 is 0.744 bits per heavy atom. The maximum Gasteiger partial charge on any atom is 0.412 e. The summed E-state index contributed by atoms with van der Waals surface area (Å²) in [6, 6.07) is 31.3. The highest BCUT2D eigenvalue weighted by Crippen LogP contribution is 2.56. The molecule has 4 aromatic rings. The summed E-state index contributed by atoms with van der Waals surface area (Å²) in [4.78, 5) is 43.7. The molecule has 4 aromatic carbocycles. The number of fused-ring (bicyclic) bond motifs is 1. The molecule has 220 valence electrons. The number of hydrogen-bond acceptors (Lipinski definition) is 7. The summed E-state index contributed by atoms with van der Waals surface area (Å²) >= 11 is 0. The van der Waals surface area contributed by atoms with Gasteiger partial charge in [0.25, 0.3) is 0 Å². The van der Waals surface area contributed by atoms with Crippen LogP contribution in [0.2, 0.25) is 0 Å². The van der Waals surface area contributed by atoms with Gasteiger partial charge in [0.15, 0.2) is 11.6 Å². The van der Waals surface area contributed by atoms with Gasteiger partial charge >= 0.3 is 18.0 Å². The normalized spacial score (nSPS) is 19.1. The van der Waals surface area contributed by atoms with Crippen molar-refractivity contribution in [3.63, 3.8) is 0 Å². The number of carbonyl (C=O) groups excluding carboxylic acids is 3. The van der Waals surface area contributed by atoms with Crippen LogP contribution in [0.1, 0.15) is 46.7 Å². The summed E-state index contributed by atoms with van der Waals surface area (Å²) in [6.45, 7) is 2.31. The quantitative estimate of drug-likeness (QED) is 0.183. The Kier molecular flexibility index (Phi) is 8.76. The number of methoxy groups -OCH3 is 2. The van der Waals surface area contributed by atoms with Crippen molar-refractivity contribution in [3.8, 4) is 5.75 Å². The molecule has 1 amide bonds. The molecule has 43 heavy (non-hydrogen) atoms. The minimum Gasteiger partial charge on any atom is -0.494 e. The number of amides is 1. The third-order valence-electron chi connectivity index (χ3n) is 7.72. The van der Waals surface area contributed by atoms with Crippen molar-refractivity contribution < 1.29 is 33.3 Å². The predicted molar refractivity (Wildman–Crippen MR) is 159 cm³/mol. The van der Waals surface area contributed by atoms with Crippen LogP contribution >= 0.6 is 0 Å². The van der Waals surface area contributed by atoms with E-state index >= 15 is 0 Å². The van der Waals surface area contributed by atoms with Crippen LogP contribution in [0.4, 0.5) is 4.79 Å². The largest absolute Gasteiger partial charge is 0.494 e. The Bertz CT molecular complexity index is 1570. The zero-order valence-corrected chi connectivity index (χ0v) is 24.3. The molecule has 5 rings (SSSR count). The van der Waals surface area contributed by atoms with Crippen LogP contribution in [-0.4, -0.2) is 43.8 Å². The molecule has 0 unspecified atom stereocenters. The number of rotatable bonds is 8. The standard InChI is InChI=1S/C35H33NO7/c1-4-42-27-21-19-25(20-22-27)30-28-17-11-12-18-29(28)31(32(37)40-2)36(34(39)43-23-24-13-7-5-8-14-24)35(30,33(38)41-3)26-15-9-6-10-16-26/h5-22,30-31H,4,23H2,1-3H3/t30-,31+,35+/m1/s1. The molecule has 0 fully saturated rings.